The zero-order valence-electron chi connectivity index (χ0n) is 10.6. The molecule has 3 nitrogen and oxygen atoms in total. The minimum Gasteiger partial charge on any atom is -0.355 e. The minimum atomic E-state index is -0.277. The van der Waals surface area contributed by atoms with Gasteiger partial charge < -0.3 is 10.6 Å². The van der Waals surface area contributed by atoms with Gasteiger partial charge in [-0.25, -0.2) is 4.39 Å². The number of carbonyl (C=O) groups is 1. The van der Waals surface area contributed by atoms with Crippen LogP contribution in [0.3, 0.4) is 0 Å². The number of hydrogen-bond acceptors (Lipinski definition) is 2. The maximum absolute atomic E-state index is 12.9. The fourth-order valence-corrected chi connectivity index (χ4v) is 1.85. The lowest BCUT2D eigenvalue weighted by Gasteiger charge is -2.09. The molecule has 2 N–H and O–H groups in total. The molecule has 0 saturated heterocycles. The van der Waals surface area contributed by atoms with Crippen LogP contribution in [0, 0.1) is 11.7 Å². The summed E-state index contributed by atoms with van der Waals surface area (Å²) < 4.78 is 13.6. The van der Waals surface area contributed by atoms with E-state index in [1.807, 2.05) is 13.8 Å². The fourth-order valence-electron chi connectivity index (χ4n) is 1.36. The first-order valence-corrected chi connectivity index (χ1v) is 6.69. The zero-order valence-corrected chi connectivity index (χ0v) is 12.2. The van der Waals surface area contributed by atoms with Gasteiger partial charge in [-0.3, -0.25) is 4.79 Å². The Balaban J connectivity index is 2.31. The Morgan fingerprint density at radius 2 is 2.17 bits per heavy atom. The second kappa shape index (κ2) is 7.48. The van der Waals surface area contributed by atoms with Crippen molar-refractivity contribution in [3.63, 3.8) is 0 Å². The third-order valence-corrected chi connectivity index (χ3v) is 3.06. The van der Waals surface area contributed by atoms with Crippen LogP contribution in [0.25, 0.3) is 0 Å². The Morgan fingerprint density at radius 3 is 2.78 bits per heavy atom. The molecule has 0 aliphatic heterocycles. The van der Waals surface area contributed by atoms with Crippen LogP contribution < -0.4 is 10.6 Å². The van der Waals surface area contributed by atoms with E-state index in [1.54, 1.807) is 6.07 Å². The molecule has 1 rings (SSSR count). The Bertz CT molecular complexity index is 410. The molecule has 0 heterocycles. The monoisotopic (exact) mass is 316 g/mol. The molecule has 0 atom stereocenters. The maximum Gasteiger partial charge on any atom is 0.233 e. The number of amides is 1. The lowest BCUT2D eigenvalue weighted by molar-refractivity contribution is -0.120. The average Bonchev–Trinajstić information content (AvgIpc) is 2.29. The van der Waals surface area contributed by atoms with Gasteiger partial charge in [0.15, 0.2) is 0 Å². The smallest absolute Gasteiger partial charge is 0.233 e. The molecule has 0 fully saturated rings. The van der Waals surface area contributed by atoms with Crippen molar-refractivity contribution in [1.29, 1.82) is 0 Å². The van der Waals surface area contributed by atoms with Crippen molar-refractivity contribution in [2.24, 2.45) is 5.92 Å². The Labute approximate surface area is 115 Å². The highest BCUT2D eigenvalue weighted by Gasteiger charge is 2.04. The van der Waals surface area contributed by atoms with Crippen molar-refractivity contribution < 1.29 is 9.18 Å². The van der Waals surface area contributed by atoms with Crippen LogP contribution in [0.15, 0.2) is 22.7 Å². The van der Waals surface area contributed by atoms with Crippen molar-refractivity contribution in [2.75, 3.05) is 13.1 Å². The Morgan fingerprint density at radius 1 is 1.44 bits per heavy atom. The van der Waals surface area contributed by atoms with E-state index in [9.17, 15) is 9.18 Å². The predicted octanol–water partition coefficient (Wildman–Crippen LogP) is 2.45. The highest BCUT2D eigenvalue weighted by atomic mass is 79.9. The highest BCUT2D eigenvalue weighted by Crippen LogP contribution is 2.17. The standard InChI is InChI=1S/C13H18BrFN2O/c1-9(2)6-17-13(18)8-16-7-10-3-4-11(15)5-12(10)14/h3-5,9,16H,6-8H2,1-2H3,(H,17,18). The van der Waals surface area contributed by atoms with Gasteiger partial charge in [-0.05, 0) is 23.6 Å². The first-order chi connectivity index (χ1) is 8.49. The van der Waals surface area contributed by atoms with Crippen LogP contribution in [0.2, 0.25) is 0 Å². The number of carbonyl (C=O) groups excluding carboxylic acids is 1. The summed E-state index contributed by atoms with van der Waals surface area (Å²) in [6, 6.07) is 4.51. The van der Waals surface area contributed by atoms with Crippen molar-refractivity contribution in [2.45, 2.75) is 20.4 Å². The average molecular weight is 317 g/mol. The van der Waals surface area contributed by atoms with Crippen LogP contribution in [-0.4, -0.2) is 19.0 Å². The number of rotatable bonds is 6. The molecule has 0 spiro atoms. The SMILES string of the molecule is CC(C)CNC(=O)CNCc1ccc(F)cc1Br. The summed E-state index contributed by atoms with van der Waals surface area (Å²) in [5.41, 5.74) is 0.924. The molecule has 18 heavy (non-hydrogen) atoms. The van der Waals surface area contributed by atoms with E-state index < -0.39 is 0 Å². The van der Waals surface area contributed by atoms with Crippen LogP contribution >= 0.6 is 15.9 Å². The summed E-state index contributed by atoms with van der Waals surface area (Å²) >= 11 is 3.28. The van der Waals surface area contributed by atoms with Crippen molar-refractivity contribution >= 4 is 21.8 Å². The normalized spacial score (nSPS) is 10.7. The molecular formula is C13H18BrFN2O. The largest absolute Gasteiger partial charge is 0.355 e. The first kappa shape index (κ1) is 15.1. The maximum atomic E-state index is 12.9. The molecule has 1 aromatic carbocycles. The highest BCUT2D eigenvalue weighted by molar-refractivity contribution is 9.10. The van der Waals surface area contributed by atoms with Gasteiger partial charge in [0.2, 0.25) is 5.91 Å². The van der Waals surface area contributed by atoms with Gasteiger partial charge in [0.1, 0.15) is 5.82 Å². The molecule has 5 heteroatoms. The zero-order chi connectivity index (χ0) is 13.5. The van der Waals surface area contributed by atoms with Crippen molar-refractivity contribution in [1.82, 2.24) is 10.6 Å². The minimum absolute atomic E-state index is 0.0260. The molecule has 0 aliphatic carbocycles. The predicted molar refractivity (Wildman–Crippen MR) is 73.7 cm³/mol. The van der Waals surface area contributed by atoms with Crippen LogP contribution in [0.4, 0.5) is 4.39 Å². The molecule has 0 radical (unpaired) electrons. The van der Waals surface area contributed by atoms with E-state index >= 15 is 0 Å². The number of hydrogen-bond donors (Lipinski definition) is 2. The molecule has 0 bridgehead atoms. The summed E-state index contributed by atoms with van der Waals surface area (Å²) in [6.07, 6.45) is 0. The Kier molecular flexibility index (Phi) is 6.29. The van der Waals surface area contributed by atoms with E-state index in [2.05, 4.69) is 26.6 Å². The molecule has 100 valence electrons. The second-order valence-electron chi connectivity index (χ2n) is 4.54. The fraction of sp³-hybridized carbons (Fsp3) is 0.462. The number of nitrogens with one attached hydrogen (secondary N) is 2. The lowest BCUT2D eigenvalue weighted by atomic mass is 10.2. The molecule has 1 aromatic rings. The van der Waals surface area contributed by atoms with Gasteiger partial charge >= 0.3 is 0 Å². The third-order valence-electron chi connectivity index (χ3n) is 2.32. The molecule has 0 aliphatic rings. The third kappa shape index (κ3) is 5.60. The van der Waals surface area contributed by atoms with Gasteiger partial charge in [-0.2, -0.15) is 0 Å². The summed E-state index contributed by atoms with van der Waals surface area (Å²) in [4.78, 5) is 11.4. The quantitative estimate of drug-likeness (QED) is 0.846. The van der Waals surface area contributed by atoms with Crippen molar-refractivity contribution in [3.05, 3.63) is 34.1 Å². The van der Waals surface area contributed by atoms with Gasteiger partial charge in [0.25, 0.3) is 0 Å². The topological polar surface area (TPSA) is 41.1 Å². The second-order valence-corrected chi connectivity index (χ2v) is 5.39. The molecule has 0 saturated carbocycles. The van der Waals surface area contributed by atoms with Gasteiger partial charge in [0.05, 0.1) is 6.54 Å². The lowest BCUT2D eigenvalue weighted by Crippen LogP contribution is -2.35. The summed E-state index contributed by atoms with van der Waals surface area (Å²) in [5.74, 6) is 0.141. The van der Waals surface area contributed by atoms with Crippen LogP contribution in [-0.2, 0) is 11.3 Å². The van der Waals surface area contributed by atoms with E-state index in [4.69, 9.17) is 0 Å². The molecular weight excluding hydrogens is 299 g/mol. The molecule has 0 unspecified atom stereocenters. The number of benzene rings is 1. The van der Waals surface area contributed by atoms with E-state index in [0.29, 0.717) is 23.5 Å². The van der Waals surface area contributed by atoms with Gasteiger partial charge in [-0.15, -0.1) is 0 Å². The first-order valence-electron chi connectivity index (χ1n) is 5.90. The van der Waals surface area contributed by atoms with E-state index in [0.717, 1.165) is 5.56 Å². The van der Waals surface area contributed by atoms with Gasteiger partial charge in [-0.1, -0.05) is 35.8 Å². The van der Waals surface area contributed by atoms with E-state index in [1.165, 1.54) is 12.1 Å². The van der Waals surface area contributed by atoms with E-state index in [-0.39, 0.29) is 18.3 Å². The summed E-state index contributed by atoms with van der Waals surface area (Å²) in [7, 11) is 0. The van der Waals surface area contributed by atoms with Gasteiger partial charge in [0, 0.05) is 17.6 Å². The summed E-state index contributed by atoms with van der Waals surface area (Å²) in [5, 5.41) is 5.84. The van der Waals surface area contributed by atoms with Crippen molar-refractivity contribution in [3.8, 4) is 0 Å². The Hall–Kier alpha value is -0.940. The van der Waals surface area contributed by atoms with Crippen LogP contribution in [0.1, 0.15) is 19.4 Å². The number of halogens is 2. The molecule has 1 amide bonds. The summed E-state index contributed by atoms with van der Waals surface area (Å²) in [6.45, 7) is 5.56. The molecule has 0 aromatic heterocycles. The van der Waals surface area contributed by atoms with Crippen LogP contribution in [0.5, 0.6) is 0 Å².